The molecule has 0 aromatic heterocycles. The van der Waals surface area contributed by atoms with Crippen LogP contribution < -0.4 is 4.72 Å². The van der Waals surface area contributed by atoms with Crippen LogP contribution in [-0.2, 0) is 14.8 Å². The van der Waals surface area contributed by atoms with E-state index in [-0.39, 0.29) is 11.3 Å². The second-order valence-corrected chi connectivity index (χ2v) is 5.89. The number of hydrogen-bond donors (Lipinski definition) is 2. The SMILES string of the molecule is CCCC(NS(=O)(=O)c1cc(F)ccc1C)C(=O)O. The predicted molar refractivity (Wildman–Crippen MR) is 67.8 cm³/mol. The van der Waals surface area contributed by atoms with Crippen molar-refractivity contribution in [2.24, 2.45) is 0 Å². The van der Waals surface area contributed by atoms with Crippen LogP contribution in [0.3, 0.4) is 0 Å². The van der Waals surface area contributed by atoms with Crippen molar-refractivity contribution >= 4 is 16.0 Å². The first-order chi connectivity index (χ1) is 8.77. The maximum atomic E-state index is 13.1. The Labute approximate surface area is 111 Å². The fourth-order valence-electron chi connectivity index (χ4n) is 1.64. The third-order valence-corrected chi connectivity index (χ3v) is 4.23. The van der Waals surface area contributed by atoms with Gasteiger partial charge in [-0.05, 0) is 31.0 Å². The zero-order chi connectivity index (χ0) is 14.6. The lowest BCUT2D eigenvalue weighted by atomic mass is 10.2. The first kappa shape index (κ1) is 15.6. The molecule has 1 aromatic rings. The molecule has 0 saturated carbocycles. The van der Waals surface area contributed by atoms with E-state index in [2.05, 4.69) is 4.72 Å². The lowest BCUT2D eigenvalue weighted by molar-refractivity contribution is -0.139. The maximum Gasteiger partial charge on any atom is 0.321 e. The Morgan fingerprint density at radius 1 is 1.47 bits per heavy atom. The van der Waals surface area contributed by atoms with E-state index in [9.17, 15) is 17.6 Å². The summed E-state index contributed by atoms with van der Waals surface area (Å²) in [5.41, 5.74) is 0.356. The van der Waals surface area contributed by atoms with E-state index in [4.69, 9.17) is 5.11 Å². The number of aryl methyl sites for hydroxylation is 1. The lowest BCUT2D eigenvalue weighted by Crippen LogP contribution is -2.40. The Hall–Kier alpha value is -1.47. The van der Waals surface area contributed by atoms with Crippen molar-refractivity contribution in [1.29, 1.82) is 0 Å². The van der Waals surface area contributed by atoms with Crippen molar-refractivity contribution in [2.45, 2.75) is 37.6 Å². The van der Waals surface area contributed by atoms with E-state index in [1.165, 1.54) is 13.0 Å². The fourth-order valence-corrected chi connectivity index (χ4v) is 3.12. The van der Waals surface area contributed by atoms with Crippen molar-refractivity contribution in [3.05, 3.63) is 29.6 Å². The maximum absolute atomic E-state index is 13.1. The highest BCUT2D eigenvalue weighted by atomic mass is 32.2. The molecule has 0 fully saturated rings. The van der Waals surface area contributed by atoms with E-state index in [1.807, 2.05) is 0 Å². The summed E-state index contributed by atoms with van der Waals surface area (Å²) in [4.78, 5) is 10.7. The molecule has 1 aromatic carbocycles. The molecule has 0 aliphatic carbocycles. The highest BCUT2D eigenvalue weighted by Gasteiger charge is 2.26. The van der Waals surface area contributed by atoms with E-state index in [0.717, 1.165) is 12.1 Å². The summed E-state index contributed by atoms with van der Waals surface area (Å²) in [6.07, 6.45) is 0.685. The average Bonchev–Trinajstić information content (AvgIpc) is 2.31. The summed E-state index contributed by atoms with van der Waals surface area (Å²) in [7, 11) is -4.05. The van der Waals surface area contributed by atoms with Crippen LogP contribution in [0.25, 0.3) is 0 Å². The van der Waals surface area contributed by atoms with Crippen LogP contribution in [0.1, 0.15) is 25.3 Å². The zero-order valence-electron chi connectivity index (χ0n) is 10.7. The van der Waals surface area contributed by atoms with Gasteiger partial charge in [0.15, 0.2) is 0 Å². The molecule has 0 aliphatic heterocycles. The Bertz CT molecular complexity index is 571. The molecule has 1 rings (SSSR count). The number of carboxylic acid groups (broad SMARTS) is 1. The van der Waals surface area contributed by atoms with E-state index in [1.54, 1.807) is 6.92 Å². The van der Waals surface area contributed by atoms with Gasteiger partial charge in [-0.25, -0.2) is 12.8 Å². The third-order valence-electron chi connectivity index (χ3n) is 2.61. The monoisotopic (exact) mass is 289 g/mol. The van der Waals surface area contributed by atoms with Crippen molar-refractivity contribution in [3.63, 3.8) is 0 Å². The second kappa shape index (κ2) is 6.12. The highest BCUT2D eigenvalue weighted by molar-refractivity contribution is 7.89. The van der Waals surface area contributed by atoms with Gasteiger partial charge < -0.3 is 5.11 Å². The molecule has 7 heteroatoms. The summed E-state index contributed by atoms with van der Waals surface area (Å²) in [6, 6.07) is 2.15. The number of benzene rings is 1. The van der Waals surface area contributed by atoms with Crippen LogP contribution in [0.4, 0.5) is 4.39 Å². The van der Waals surface area contributed by atoms with E-state index in [0.29, 0.717) is 12.0 Å². The molecule has 0 aliphatic rings. The van der Waals surface area contributed by atoms with Gasteiger partial charge in [-0.2, -0.15) is 4.72 Å². The molecule has 1 unspecified atom stereocenters. The second-order valence-electron chi connectivity index (χ2n) is 4.21. The largest absolute Gasteiger partial charge is 0.480 e. The van der Waals surface area contributed by atoms with Gasteiger partial charge in [-0.1, -0.05) is 19.4 Å². The molecule has 19 heavy (non-hydrogen) atoms. The van der Waals surface area contributed by atoms with E-state index >= 15 is 0 Å². The van der Waals surface area contributed by atoms with Gasteiger partial charge in [0.25, 0.3) is 0 Å². The van der Waals surface area contributed by atoms with Gasteiger partial charge >= 0.3 is 5.97 Å². The average molecular weight is 289 g/mol. The Kier molecular flexibility index (Phi) is 5.02. The van der Waals surface area contributed by atoms with Crippen molar-refractivity contribution in [1.82, 2.24) is 4.72 Å². The van der Waals surface area contributed by atoms with Crippen molar-refractivity contribution in [2.75, 3.05) is 0 Å². The number of carboxylic acids is 1. The molecule has 0 bridgehead atoms. The number of carbonyl (C=O) groups is 1. The predicted octanol–water partition coefficient (Wildman–Crippen LogP) is 1.67. The topological polar surface area (TPSA) is 83.5 Å². The summed E-state index contributed by atoms with van der Waals surface area (Å²) in [5, 5.41) is 8.94. The Balaban J connectivity index is 3.10. The molecule has 2 N–H and O–H groups in total. The first-order valence-corrected chi connectivity index (χ1v) is 7.27. The molecular weight excluding hydrogens is 273 g/mol. The summed E-state index contributed by atoms with van der Waals surface area (Å²) >= 11 is 0. The highest BCUT2D eigenvalue weighted by Crippen LogP contribution is 2.17. The van der Waals surface area contributed by atoms with Crippen LogP contribution in [-0.4, -0.2) is 25.5 Å². The minimum atomic E-state index is -4.05. The van der Waals surface area contributed by atoms with Gasteiger partial charge in [0.05, 0.1) is 4.90 Å². The van der Waals surface area contributed by atoms with Crippen LogP contribution >= 0.6 is 0 Å². The van der Waals surface area contributed by atoms with E-state index < -0.39 is 27.9 Å². The van der Waals surface area contributed by atoms with Crippen LogP contribution in [0.2, 0.25) is 0 Å². The number of hydrogen-bond acceptors (Lipinski definition) is 3. The molecule has 5 nitrogen and oxygen atoms in total. The van der Waals surface area contributed by atoms with Crippen LogP contribution in [0.5, 0.6) is 0 Å². The number of nitrogens with one attached hydrogen (secondary N) is 1. The molecule has 0 spiro atoms. The van der Waals surface area contributed by atoms with Gasteiger partial charge in [0.2, 0.25) is 10.0 Å². The number of aliphatic carboxylic acids is 1. The van der Waals surface area contributed by atoms with Crippen molar-refractivity contribution < 1.29 is 22.7 Å². The number of sulfonamides is 1. The molecular formula is C12H16FNO4S. The normalized spacial score (nSPS) is 13.2. The number of halogens is 1. The lowest BCUT2D eigenvalue weighted by Gasteiger charge is -2.15. The van der Waals surface area contributed by atoms with Crippen molar-refractivity contribution in [3.8, 4) is 0 Å². The molecule has 0 amide bonds. The fraction of sp³-hybridized carbons (Fsp3) is 0.417. The molecule has 0 radical (unpaired) electrons. The molecule has 0 saturated heterocycles. The van der Waals surface area contributed by atoms with Gasteiger partial charge in [0.1, 0.15) is 11.9 Å². The van der Waals surface area contributed by atoms with Gasteiger partial charge in [-0.3, -0.25) is 4.79 Å². The standard InChI is InChI=1S/C12H16FNO4S/c1-3-4-10(12(15)16)14-19(17,18)11-7-9(13)6-5-8(11)2/h5-7,10,14H,3-4H2,1-2H3,(H,15,16). The molecule has 0 heterocycles. The van der Waals surface area contributed by atoms with Crippen LogP contribution in [0, 0.1) is 12.7 Å². The van der Waals surface area contributed by atoms with Gasteiger partial charge in [-0.15, -0.1) is 0 Å². The van der Waals surface area contributed by atoms with Crippen LogP contribution in [0.15, 0.2) is 23.1 Å². The summed E-state index contributed by atoms with van der Waals surface area (Å²) in [5.74, 6) is -1.94. The van der Waals surface area contributed by atoms with Gasteiger partial charge in [0, 0.05) is 0 Å². The smallest absolute Gasteiger partial charge is 0.321 e. The number of rotatable bonds is 6. The summed E-state index contributed by atoms with van der Waals surface area (Å²) in [6.45, 7) is 3.27. The molecule has 1 atom stereocenters. The Morgan fingerprint density at radius 3 is 2.63 bits per heavy atom. The molecule has 106 valence electrons. The quantitative estimate of drug-likeness (QED) is 0.834. The Morgan fingerprint density at radius 2 is 2.11 bits per heavy atom. The first-order valence-electron chi connectivity index (χ1n) is 5.79. The third kappa shape index (κ3) is 4.00. The minimum absolute atomic E-state index is 0.170. The minimum Gasteiger partial charge on any atom is -0.480 e. The summed E-state index contributed by atoms with van der Waals surface area (Å²) < 4.78 is 39.3. The zero-order valence-corrected chi connectivity index (χ0v) is 11.5.